The minimum atomic E-state index is -0.884. The second-order valence-corrected chi connectivity index (χ2v) is 5.72. The number of hydrogen-bond donors (Lipinski definition) is 0. The molecule has 0 spiro atoms. The molecule has 0 bridgehead atoms. The van der Waals surface area contributed by atoms with E-state index >= 15 is 0 Å². The molecule has 0 aromatic heterocycles. The molecule has 0 saturated heterocycles. The predicted molar refractivity (Wildman–Crippen MR) is 93.9 cm³/mol. The highest BCUT2D eigenvalue weighted by Gasteiger charge is 2.16. The molecule has 0 fully saturated rings. The van der Waals surface area contributed by atoms with E-state index in [0.717, 1.165) is 12.1 Å². The largest absolute Gasteiger partial charge is 0.423 e. The molecule has 4 nitrogen and oxygen atoms in total. The number of benzene rings is 3. The van der Waals surface area contributed by atoms with E-state index in [4.69, 9.17) is 9.47 Å². The van der Waals surface area contributed by atoms with Crippen LogP contribution >= 0.6 is 0 Å². The molecular weight excluding hydrogens is 354 g/mol. The van der Waals surface area contributed by atoms with Gasteiger partial charge >= 0.3 is 11.9 Å². The number of ether oxygens (including phenoxy) is 2. The summed E-state index contributed by atoms with van der Waals surface area (Å²) in [4.78, 5) is 24.3. The monoisotopic (exact) mass is 368 g/mol. The first kappa shape index (κ1) is 18.3. The highest BCUT2D eigenvalue weighted by atomic mass is 19.1. The minimum absolute atomic E-state index is 0.0691. The summed E-state index contributed by atoms with van der Waals surface area (Å²) in [5.74, 6) is -3.04. The summed E-state index contributed by atoms with van der Waals surface area (Å²) in [7, 11) is 0. The molecule has 3 rings (SSSR count). The lowest BCUT2D eigenvalue weighted by molar-refractivity contribution is 0.0728. The maximum absolute atomic E-state index is 13.7. The summed E-state index contributed by atoms with van der Waals surface area (Å²) in [6, 6.07) is 15.2. The zero-order valence-corrected chi connectivity index (χ0v) is 14.2. The smallest absolute Gasteiger partial charge is 0.346 e. The van der Waals surface area contributed by atoms with Crippen LogP contribution in [0.25, 0.3) is 0 Å². The minimum Gasteiger partial charge on any atom is -0.423 e. The molecule has 27 heavy (non-hydrogen) atoms. The van der Waals surface area contributed by atoms with Gasteiger partial charge in [-0.25, -0.2) is 18.4 Å². The average molecular weight is 368 g/mol. The van der Waals surface area contributed by atoms with Gasteiger partial charge < -0.3 is 9.47 Å². The van der Waals surface area contributed by atoms with Gasteiger partial charge in [-0.2, -0.15) is 0 Å². The van der Waals surface area contributed by atoms with Crippen molar-refractivity contribution in [1.82, 2.24) is 0 Å². The highest BCUT2D eigenvalue weighted by Crippen LogP contribution is 2.25. The normalized spacial score (nSPS) is 10.3. The van der Waals surface area contributed by atoms with Crippen molar-refractivity contribution in [2.45, 2.75) is 6.92 Å². The molecule has 0 unspecified atom stereocenters. The summed E-state index contributed by atoms with van der Waals surface area (Å²) in [5.41, 5.74) is 0.193. The average Bonchev–Trinajstić information content (AvgIpc) is 2.61. The topological polar surface area (TPSA) is 52.6 Å². The lowest BCUT2D eigenvalue weighted by atomic mass is 10.2. The fourth-order valence-electron chi connectivity index (χ4n) is 2.41. The Kier molecular flexibility index (Phi) is 5.26. The zero-order chi connectivity index (χ0) is 19.4. The van der Waals surface area contributed by atoms with E-state index in [2.05, 4.69) is 0 Å². The molecular formula is C21H14F2O4. The molecule has 0 heterocycles. The van der Waals surface area contributed by atoms with Crippen molar-refractivity contribution >= 4 is 11.9 Å². The molecule has 3 aromatic rings. The van der Waals surface area contributed by atoms with E-state index < -0.39 is 23.6 Å². The molecule has 3 aromatic carbocycles. The number of carbonyl (C=O) groups excluding carboxylic acids is 2. The van der Waals surface area contributed by atoms with Gasteiger partial charge in [0.2, 0.25) is 0 Å². The molecule has 0 atom stereocenters. The van der Waals surface area contributed by atoms with Crippen LogP contribution in [-0.2, 0) is 0 Å². The molecule has 136 valence electrons. The van der Waals surface area contributed by atoms with E-state index in [1.54, 1.807) is 6.92 Å². The molecule has 0 aliphatic rings. The number of esters is 2. The standard InChI is InChI=1S/C21H14F2O4/c1-13-10-14(26-20(24)16-6-2-4-8-18(16)22)12-15(11-13)27-21(25)17-7-3-5-9-19(17)23/h2-12H,1H3. The zero-order valence-electron chi connectivity index (χ0n) is 14.2. The van der Waals surface area contributed by atoms with Crippen molar-refractivity contribution in [2.75, 3.05) is 0 Å². The molecule has 0 saturated carbocycles. The van der Waals surface area contributed by atoms with Gasteiger partial charge in [0.05, 0.1) is 11.1 Å². The first-order valence-corrected chi connectivity index (χ1v) is 7.99. The van der Waals surface area contributed by atoms with E-state index in [0.29, 0.717) is 5.56 Å². The van der Waals surface area contributed by atoms with E-state index in [9.17, 15) is 18.4 Å². The lowest BCUT2D eigenvalue weighted by Gasteiger charge is -2.10. The van der Waals surface area contributed by atoms with Crippen LogP contribution in [0, 0.1) is 18.6 Å². The van der Waals surface area contributed by atoms with Gasteiger partial charge in [-0.15, -0.1) is 0 Å². The Bertz CT molecular complexity index is 937. The second-order valence-electron chi connectivity index (χ2n) is 5.72. The van der Waals surface area contributed by atoms with Gasteiger partial charge in [0.1, 0.15) is 23.1 Å². The maximum Gasteiger partial charge on any atom is 0.346 e. The van der Waals surface area contributed by atoms with Crippen molar-refractivity contribution in [1.29, 1.82) is 0 Å². The summed E-state index contributed by atoms with van der Waals surface area (Å²) in [6.45, 7) is 1.70. The van der Waals surface area contributed by atoms with Gasteiger partial charge in [-0.1, -0.05) is 24.3 Å². The van der Waals surface area contributed by atoms with Crippen LogP contribution in [0.4, 0.5) is 8.78 Å². The Hall–Kier alpha value is -3.54. The summed E-state index contributed by atoms with van der Waals surface area (Å²) in [6.07, 6.45) is 0. The van der Waals surface area contributed by atoms with Gasteiger partial charge in [0.25, 0.3) is 0 Å². The Morgan fingerprint density at radius 1 is 0.704 bits per heavy atom. The Balaban J connectivity index is 1.80. The first-order valence-electron chi connectivity index (χ1n) is 7.99. The lowest BCUT2D eigenvalue weighted by Crippen LogP contribution is -2.12. The predicted octanol–water partition coefficient (Wildman–Crippen LogP) is 4.71. The van der Waals surface area contributed by atoms with Crippen LogP contribution < -0.4 is 9.47 Å². The van der Waals surface area contributed by atoms with Crippen LogP contribution in [0.2, 0.25) is 0 Å². The maximum atomic E-state index is 13.7. The fourth-order valence-corrected chi connectivity index (χ4v) is 2.41. The van der Waals surface area contributed by atoms with Crippen molar-refractivity contribution in [3.05, 3.63) is 95.1 Å². The fraction of sp³-hybridized carbons (Fsp3) is 0.0476. The highest BCUT2D eigenvalue weighted by molar-refractivity contribution is 5.92. The molecule has 0 N–H and O–H groups in total. The molecule has 0 aliphatic carbocycles. The first-order chi connectivity index (χ1) is 12.9. The summed E-state index contributed by atoms with van der Waals surface area (Å²) >= 11 is 0. The van der Waals surface area contributed by atoms with Gasteiger partial charge in [0.15, 0.2) is 0 Å². The van der Waals surface area contributed by atoms with E-state index in [1.165, 1.54) is 54.6 Å². The van der Waals surface area contributed by atoms with Crippen molar-refractivity contribution in [3.8, 4) is 11.5 Å². The Morgan fingerprint density at radius 2 is 1.11 bits per heavy atom. The van der Waals surface area contributed by atoms with Gasteiger partial charge in [-0.3, -0.25) is 0 Å². The third kappa shape index (κ3) is 4.36. The number of carbonyl (C=O) groups is 2. The third-order valence-corrected chi connectivity index (χ3v) is 3.63. The second kappa shape index (κ2) is 7.78. The van der Waals surface area contributed by atoms with Gasteiger partial charge in [-0.05, 0) is 48.9 Å². The van der Waals surface area contributed by atoms with Crippen LogP contribution in [0.15, 0.2) is 66.7 Å². The van der Waals surface area contributed by atoms with Crippen LogP contribution in [0.1, 0.15) is 26.3 Å². The van der Waals surface area contributed by atoms with Crippen LogP contribution in [-0.4, -0.2) is 11.9 Å². The number of hydrogen-bond acceptors (Lipinski definition) is 4. The van der Waals surface area contributed by atoms with Crippen LogP contribution in [0.5, 0.6) is 11.5 Å². The summed E-state index contributed by atoms with van der Waals surface area (Å²) in [5, 5.41) is 0. The van der Waals surface area contributed by atoms with E-state index in [1.807, 2.05) is 0 Å². The Morgan fingerprint density at radius 3 is 1.52 bits per heavy atom. The summed E-state index contributed by atoms with van der Waals surface area (Å²) < 4.78 is 37.7. The quantitative estimate of drug-likeness (QED) is 0.494. The molecule has 0 amide bonds. The van der Waals surface area contributed by atoms with Crippen molar-refractivity contribution < 1.29 is 27.8 Å². The van der Waals surface area contributed by atoms with Crippen LogP contribution in [0.3, 0.4) is 0 Å². The molecule has 0 aliphatic heterocycles. The third-order valence-electron chi connectivity index (χ3n) is 3.63. The van der Waals surface area contributed by atoms with Crippen molar-refractivity contribution in [2.24, 2.45) is 0 Å². The number of aryl methyl sites for hydroxylation is 1. The molecule has 6 heteroatoms. The number of halogens is 2. The van der Waals surface area contributed by atoms with E-state index in [-0.39, 0.29) is 22.6 Å². The molecule has 0 radical (unpaired) electrons. The number of rotatable bonds is 4. The van der Waals surface area contributed by atoms with Gasteiger partial charge in [0, 0.05) is 6.07 Å². The van der Waals surface area contributed by atoms with Crippen molar-refractivity contribution in [3.63, 3.8) is 0 Å². The SMILES string of the molecule is Cc1cc(OC(=O)c2ccccc2F)cc(OC(=O)c2ccccc2F)c1. The Labute approximate surface area is 154 Å².